The van der Waals surface area contributed by atoms with Crippen molar-refractivity contribution >= 4 is 17.9 Å². The van der Waals surface area contributed by atoms with E-state index in [4.69, 9.17) is 9.47 Å². The number of benzene rings is 1. The number of alkyl carbamates (subject to hydrolysis) is 1. The van der Waals surface area contributed by atoms with E-state index in [0.29, 0.717) is 29.4 Å². The van der Waals surface area contributed by atoms with Gasteiger partial charge in [0.1, 0.15) is 12.4 Å². The van der Waals surface area contributed by atoms with E-state index in [0.717, 1.165) is 67.5 Å². The summed E-state index contributed by atoms with van der Waals surface area (Å²) in [6.45, 7) is 12.3. The molecule has 1 saturated heterocycles. The standard InChI is InChI=1S/C34H43N7O3S/c1-26(2)40-20-18-39(19-21-40)17-16-36-34(42)43-22-8-9-28-13-14-30(23-27(28)3)44-25-32-37-38-33(45-31-11-5-4-6-12-31)41(32)29-10-7-15-35-24-29/h5,7,10-11,13-15,23-24,26,31H,4,6,12,16-22,25H2,1-3H3,(H,36,42). The molecule has 238 valence electrons. The third-order valence-corrected chi connectivity index (χ3v) is 9.14. The molecule has 1 fully saturated rings. The van der Waals surface area contributed by atoms with Crippen LogP contribution in [0.3, 0.4) is 0 Å². The molecule has 1 amide bonds. The summed E-state index contributed by atoms with van der Waals surface area (Å²) < 4.78 is 13.4. The van der Waals surface area contributed by atoms with Gasteiger partial charge >= 0.3 is 6.09 Å². The molecule has 1 unspecified atom stereocenters. The molecule has 10 nitrogen and oxygen atoms in total. The zero-order valence-corrected chi connectivity index (χ0v) is 27.3. The van der Waals surface area contributed by atoms with Crippen molar-refractivity contribution in [1.29, 1.82) is 0 Å². The summed E-state index contributed by atoms with van der Waals surface area (Å²) >= 11 is 1.72. The lowest BCUT2D eigenvalue weighted by atomic mass is 10.1. The minimum Gasteiger partial charge on any atom is -0.486 e. The van der Waals surface area contributed by atoms with Crippen molar-refractivity contribution in [3.8, 4) is 23.3 Å². The summed E-state index contributed by atoms with van der Waals surface area (Å²) in [5.41, 5.74) is 2.72. The summed E-state index contributed by atoms with van der Waals surface area (Å²) in [5, 5.41) is 13.0. The van der Waals surface area contributed by atoms with Crippen LogP contribution < -0.4 is 10.1 Å². The molecule has 1 aliphatic heterocycles. The molecule has 2 aliphatic rings. The molecule has 5 rings (SSSR count). The number of carbonyl (C=O) groups excluding carboxylic acids is 1. The summed E-state index contributed by atoms with van der Waals surface area (Å²) in [6.07, 6.45) is 11.1. The van der Waals surface area contributed by atoms with E-state index >= 15 is 0 Å². The Bertz CT molecular complexity index is 1490. The average molecular weight is 630 g/mol. The van der Waals surface area contributed by atoms with Crippen LogP contribution in [0.2, 0.25) is 0 Å². The van der Waals surface area contributed by atoms with Crippen molar-refractivity contribution in [1.82, 2.24) is 34.9 Å². The Morgan fingerprint density at radius 1 is 1.18 bits per heavy atom. The molecule has 0 bridgehead atoms. The van der Waals surface area contributed by atoms with Crippen LogP contribution >= 0.6 is 11.8 Å². The van der Waals surface area contributed by atoms with Gasteiger partial charge in [-0.1, -0.05) is 35.8 Å². The van der Waals surface area contributed by atoms with Gasteiger partial charge in [0.05, 0.1) is 11.9 Å². The summed E-state index contributed by atoms with van der Waals surface area (Å²) in [4.78, 5) is 21.2. The van der Waals surface area contributed by atoms with Crippen molar-refractivity contribution in [2.45, 2.75) is 63.1 Å². The van der Waals surface area contributed by atoms with Gasteiger partial charge in [-0.15, -0.1) is 10.2 Å². The van der Waals surface area contributed by atoms with Crippen LogP contribution in [0.1, 0.15) is 50.1 Å². The minimum absolute atomic E-state index is 0.0254. The number of carbonyl (C=O) groups is 1. The molecule has 1 N–H and O–H groups in total. The van der Waals surface area contributed by atoms with Crippen LogP contribution in [0.4, 0.5) is 4.79 Å². The van der Waals surface area contributed by atoms with Crippen LogP contribution in [-0.2, 0) is 11.3 Å². The van der Waals surface area contributed by atoms with Gasteiger partial charge in [-0.25, -0.2) is 4.79 Å². The van der Waals surface area contributed by atoms with Crippen LogP contribution in [-0.4, -0.2) is 92.8 Å². The molecule has 11 heteroatoms. The summed E-state index contributed by atoms with van der Waals surface area (Å²) in [6, 6.07) is 10.2. The van der Waals surface area contributed by atoms with Crippen molar-refractivity contribution in [3.63, 3.8) is 0 Å². The molecular weight excluding hydrogens is 586 g/mol. The van der Waals surface area contributed by atoms with E-state index in [1.54, 1.807) is 18.0 Å². The van der Waals surface area contributed by atoms with Crippen molar-refractivity contribution in [3.05, 3.63) is 71.8 Å². The number of rotatable bonds is 11. The normalized spacial score (nSPS) is 17.1. The summed E-state index contributed by atoms with van der Waals surface area (Å²) in [5.74, 6) is 7.46. The molecule has 1 atom stereocenters. The van der Waals surface area contributed by atoms with Gasteiger partial charge in [-0.3, -0.25) is 19.4 Å². The Labute approximate surface area is 270 Å². The minimum atomic E-state index is -0.443. The Hall–Kier alpha value is -3.85. The zero-order chi connectivity index (χ0) is 31.4. The first-order valence-corrected chi connectivity index (χ1v) is 16.6. The van der Waals surface area contributed by atoms with Crippen molar-refractivity contribution in [2.75, 3.05) is 45.9 Å². The smallest absolute Gasteiger partial charge is 0.408 e. The predicted octanol–water partition coefficient (Wildman–Crippen LogP) is 4.85. The van der Waals surface area contributed by atoms with Crippen molar-refractivity contribution < 1.29 is 14.3 Å². The lowest BCUT2D eigenvalue weighted by molar-refractivity contribution is 0.108. The van der Waals surface area contributed by atoms with E-state index in [-0.39, 0.29) is 13.2 Å². The number of ether oxygens (including phenoxy) is 2. The summed E-state index contributed by atoms with van der Waals surface area (Å²) in [7, 11) is 0. The van der Waals surface area contributed by atoms with Gasteiger partial charge in [0.25, 0.3) is 0 Å². The predicted molar refractivity (Wildman–Crippen MR) is 177 cm³/mol. The number of nitrogens with one attached hydrogen (secondary N) is 1. The highest BCUT2D eigenvalue weighted by Gasteiger charge is 2.20. The first-order chi connectivity index (χ1) is 22.0. The van der Waals surface area contributed by atoms with E-state index in [2.05, 4.69) is 68.1 Å². The second kappa shape index (κ2) is 16.5. The van der Waals surface area contributed by atoms with E-state index < -0.39 is 6.09 Å². The lowest BCUT2D eigenvalue weighted by Crippen LogP contribution is -2.50. The first kappa shape index (κ1) is 32.5. The fourth-order valence-corrected chi connectivity index (χ4v) is 6.50. The maximum absolute atomic E-state index is 12.1. The zero-order valence-electron chi connectivity index (χ0n) is 26.4. The van der Waals surface area contributed by atoms with Gasteiger partial charge in [0.2, 0.25) is 0 Å². The molecule has 3 heterocycles. The molecule has 1 aromatic carbocycles. The number of amides is 1. The van der Waals surface area contributed by atoms with Gasteiger partial charge in [-0.05, 0) is 75.9 Å². The molecule has 0 spiro atoms. The average Bonchev–Trinajstić information content (AvgIpc) is 3.46. The maximum Gasteiger partial charge on any atom is 0.408 e. The number of aromatic nitrogens is 4. The fourth-order valence-electron chi connectivity index (χ4n) is 5.35. The van der Waals surface area contributed by atoms with Gasteiger partial charge < -0.3 is 14.8 Å². The SMILES string of the molecule is Cc1cc(OCc2nnc(SC3C=CCCC3)n2-c2cccnc2)ccc1C#CCOC(=O)NCCN1CCN(C(C)C)CC1. The van der Waals surface area contributed by atoms with Gasteiger partial charge in [0.15, 0.2) is 17.6 Å². The van der Waals surface area contributed by atoms with Gasteiger partial charge in [0, 0.05) is 62.3 Å². The van der Waals surface area contributed by atoms with Crippen LogP contribution in [0.15, 0.2) is 60.0 Å². The third kappa shape index (κ3) is 9.57. The molecule has 1 aliphatic carbocycles. The van der Waals surface area contributed by atoms with Crippen LogP contribution in [0.25, 0.3) is 5.69 Å². The molecular formula is C34H43N7O3S. The van der Waals surface area contributed by atoms with Crippen molar-refractivity contribution in [2.24, 2.45) is 0 Å². The number of pyridine rings is 1. The number of allylic oxidation sites excluding steroid dienone is 1. The molecule has 0 saturated carbocycles. The largest absolute Gasteiger partial charge is 0.486 e. The van der Waals surface area contributed by atoms with E-state index in [1.807, 2.05) is 48.0 Å². The second-order valence-electron chi connectivity index (χ2n) is 11.5. The monoisotopic (exact) mass is 629 g/mol. The highest BCUT2D eigenvalue weighted by Crippen LogP contribution is 2.31. The number of hydrogen-bond acceptors (Lipinski definition) is 9. The number of piperazine rings is 1. The van der Waals surface area contributed by atoms with E-state index in [9.17, 15) is 4.79 Å². The number of aryl methyl sites for hydroxylation is 1. The fraction of sp³-hybridized carbons (Fsp3) is 0.471. The molecule has 3 aromatic rings. The topological polar surface area (TPSA) is 97.6 Å². The van der Waals surface area contributed by atoms with Crippen LogP contribution in [0, 0.1) is 18.8 Å². The maximum atomic E-state index is 12.1. The van der Waals surface area contributed by atoms with Gasteiger partial charge in [-0.2, -0.15) is 0 Å². The molecule has 0 radical (unpaired) electrons. The Kier molecular flexibility index (Phi) is 11.9. The number of nitrogens with zero attached hydrogens (tertiary/aromatic N) is 6. The second-order valence-corrected chi connectivity index (χ2v) is 12.7. The Balaban J connectivity index is 1.09. The van der Waals surface area contributed by atoms with E-state index in [1.165, 1.54) is 6.42 Å². The highest BCUT2D eigenvalue weighted by atomic mass is 32.2. The number of hydrogen-bond donors (Lipinski definition) is 1. The lowest BCUT2D eigenvalue weighted by Gasteiger charge is -2.36. The Morgan fingerprint density at radius 3 is 2.78 bits per heavy atom. The molecule has 2 aromatic heterocycles. The number of thioether (sulfide) groups is 1. The quantitative estimate of drug-likeness (QED) is 0.236. The molecule has 45 heavy (non-hydrogen) atoms. The third-order valence-electron chi connectivity index (χ3n) is 7.97. The Morgan fingerprint density at radius 2 is 2.04 bits per heavy atom. The first-order valence-electron chi connectivity index (χ1n) is 15.7. The van der Waals surface area contributed by atoms with Crippen LogP contribution in [0.5, 0.6) is 5.75 Å². The highest BCUT2D eigenvalue weighted by molar-refractivity contribution is 7.99.